The maximum absolute atomic E-state index is 13.5. The Balaban J connectivity index is 2.15. The summed E-state index contributed by atoms with van der Waals surface area (Å²) in [5.74, 6) is 4.96. The van der Waals surface area contributed by atoms with Gasteiger partial charge in [0.25, 0.3) is 0 Å². The van der Waals surface area contributed by atoms with Gasteiger partial charge in [-0.1, -0.05) is 17.9 Å². The first kappa shape index (κ1) is 13.4. The summed E-state index contributed by atoms with van der Waals surface area (Å²) in [5, 5.41) is 0. The highest BCUT2D eigenvalue weighted by molar-refractivity contribution is 5.76. The minimum atomic E-state index is -0.366. The molecule has 5 heteroatoms. The highest BCUT2D eigenvalue weighted by Crippen LogP contribution is 2.15. The quantitative estimate of drug-likeness (QED) is 0.808. The summed E-state index contributed by atoms with van der Waals surface area (Å²) in [6.07, 6.45) is 0. The molecule has 0 spiro atoms. The molecule has 2 N–H and O–H groups in total. The van der Waals surface area contributed by atoms with Crippen molar-refractivity contribution >= 4 is 6.03 Å². The van der Waals surface area contributed by atoms with Gasteiger partial charge in [0.1, 0.15) is 5.82 Å². The molecule has 0 bridgehead atoms. The minimum absolute atomic E-state index is 0.00100. The van der Waals surface area contributed by atoms with E-state index >= 15 is 0 Å². The summed E-state index contributed by atoms with van der Waals surface area (Å²) in [6, 6.07) is 4.72. The van der Waals surface area contributed by atoms with Crippen LogP contribution in [0.15, 0.2) is 18.2 Å². The maximum Gasteiger partial charge on any atom is 0.320 e. The summed E-state index contributed by atoms with van der Waals surface area (Å²) in [5.41, 5.74) is 6.46. The zero-order chi connectivity index (χ0) is 13.8. The summed E-state index contributed by atoms with van der Waals surface area (Å²) < 4.78 is 13.5. The van der Waals surface area contributed by atoms with Gasteiger partial charge >= 0.3 is 6.03 Å². The van der Waals surface area contributed by atoms with Crippen LogP contribution >= 0.6 is 0 Å². The predicted octanol–water partition coefficient (Wildman–Crippen LogP) is 1.00. The number of halogens is 1. The van der Waals surface area contributed by atoms with Crippen molar-refractivity contribution in [3.8, 4) is 11.8 Å². The molecule has 0 aromatic heterocycles. The van der Waals surface area contributed by atoms with Crippen LogP contribution < -0.4 is 5.73 Å². The summed E-state index contributed by atoms with van der Waals surface area (Å²) in [4.78, 5) is 15.2. The zero-order valence-electron chi connectivity index (χ0n) is 10.8. The number of likely N-dealkylation sites (N-methyl/N-ethyl adjacent to an activating group) is 1. The molecule has 1 heterocycles. The standard InChI is InChI=1S/C14H16FN3O/c1-17-7-8-18(14(17)19)10-11-4-5-13(15)12(9-11)3-2-6-16/h4-5,9H,6-8,10,16H2,1H3. The first-order chi connectivity index (χ1) is 9.11. The molecule has 1 saturated heterocycles. The molecule has 0 radical (unpaired) electrons. The molecule has 1 aliphatic heterocycles. The number of rotatable bonds is 2. The average molecular weight is 261 g/mol. The monoisotopic (exact) mass is 261 g/mol. The largest absolute Gasteiger partial charge is 0.326 e. The molecule has 2 rings (SSSR count). The topological polar surface area (TPSA) is 49.6 Å². The second-order valence-corrected chi connectivity index (χ2v) is 4.45. The highest BCUT2D eigenvalue weighted by atomic mass is 19.1. The predicted molar refractivity (Wildman–Crippen MR) is 70.8 cm³/mol. The molecule has 100 valence electrons. The highest BCUT2D eigenvalue weighted by Gasteiger charge is 2.25. The SMILES string of the molecule is CN1CCN(Cc2ccc(F)c(C#CCN)c2)C1=O. The maximum atomic E-state index is 13.5. The summed E-state index contributed by atoms with van der Waals surface area (Å²) in [6.45, 7) is 2.08. The third-order valence-electron chi connectivity index (χ3n) is 3.03. The van der Waals surface area contributed by atoms with Crippen molar-refractivity contribution in [3.05, 3.63) is 35.1 Å². The average Bonchev–Trinajstić information content (AvgIpc) is 2.71. The van der Waals surface area contributed by atoms with Gasteiger partial charge < -0.3 is 15.5 Å². The van der Waals surface area contributed by atoms with Gasteiger partial charge in [-0.3, -0.25) is 0 Å². The Labute approximate surface area is 112 Å². The van der Waals surface area contributed by atoms with Crippen LogP contribution in [0.4, 0.5) is 9.18 Å². The van der Waals surface area contributed by atoms with Gasteiger partial charge in [0.2, 0.25) is 0 Å². The van der Waals surface area contributed by atoms with Gasteiger partial charge in [-0.15, -0.1) is 0 Å². The van der Waals surface area contributed by atoms with E-state index < -0.39 is 0 Å². The second-order valence-electron chi connectivity index (χ2n) is 4.45. The lowest BCUT2D eigenvalue weighted by atomic mass is 10.1. The fraction of sp³-hybridized carbons (Fsp3) is 0.357. The van der Waals surface area contributed by atoms with Crippen LogP contribution in [0, 0.1) is 17.7 Å². The van der Waals surface area contributed by atoms with Crippen molar-refractivity contribution in [3.63, 3.8) is 0 Å². The number of nitrogens with zero attached hydrogens (tertiary/aromatic N) is 2. The number of benzene rings is 1. The van der Waals surface area contributed by atoms with Crippen LogP contribution in [-0.4, -0.2) is 42.5 Å². The lowest BCUT2D eigenvalue weighted by Gasteiger charge is -2.16. The van der Waals surface area contributed by atoms with E-state index in [1.807, 2.05) is 0 Å². The zero-order valence-corrected chi connectivity index (χ0v) is 10.8. The molecular formula is C14H16FN3O. The van der Waals surface area contributed by atoms with Crippen molar-refractivity contribution in [1.29, 1.82) is 0 Å². The molecule has 0 saturated carbocycles. The Morgan fingerprint density at radius 2 is 2.21 bits per heavy atom. The van der Waals surface area contributed by atoms with E-state index in [-0.39, 0.29) is 18.4 Å². The second kappa shape index (κ2) is 5.72. The fourth-order valence-electron chi connectivity index (χ4n) is 1.98. The molecule has 0 unspecified atom stereocenters. The summed E-state index contributed by atoms with van der Waals surface area (Å²) in [7, 11) is 1.77. The van der Waals surface area contributed by atoms with Crippen molar-refractivity contribution in [2.75, 3.05) is 26.7 Å². The van der Waals surface area contributed by atoms with E-state index in [1.54, 1.807) is 29.0 Å². The molecule has 1 aromatic carbocycles. The van der Waals surface area contributed by atoms with Gasteiger partial charge in [-0.25, -0.2) is 9.18 Å². The number of urea groups is 1. The number of hydrogen-bond acceptors (Lipinski definition) is 2. The molecule has 2 amide bonds. The van der Waals surface area contributed by atoms with Crippen molar-refractivity contribution in [2.45, 2.75) is 6.54 Å². The first-order valence-electron chi connectivity index (χ1n) is 6.09. The Hall–Kier alpha value is -2.06. The van der Waals surface area contributed by atoms with E-state index in [9.17, 15) is 9.18 Å². The van der Waals surface area contributed by atoms with E-state index in [4.69, 9.17) is 5.73 Å². The van der Waals surface area contributed by atoms with Gasteiger partial charge in [0, 0.05) is 26.7 Å². The Bertz CT molecular complexity index is 547. The third kappa shape index (κ3) is 3.04. The Morgan fingerprint density at radius 1 is 1.42 bits per heavy atom. The van der Waals surface area contributed by atoms with Crippen molar-refractivity contribution < 1.29 is 9.18 Å². The molecule has 1 aromatic rings. The van der Waals surface area contributed by atoms with E-state index in [2.05, 4.69) is 11.8 Å². The van der Waals surface area contributed by atoms with E-state index in [0.717, 1.165) is 12.1 Å². The number of hydrogen-bond donors (Lipinski definition) is 1. The van der Waals surface area contributed by atoms with Crippen molar-refractivity contribution in [2.24, 2.45) is 5.73 Å². The number of carbonyl (C=O) groups excluding carboxylic acids is 1. The molecule has 1 fully saturated rings. The smallest absolute Gasteiger partial charge is 0.320 e. The van der Waals surface area contributed by atoms with Gasteiger partial charge in [0.15, 0.2) is 0 Å². The van der Waals surface area contributed by atoms with E-state index in [0.29, 0.717) is 18.7 Å². The first-order valence-corrected chi connectivity index (χ1v) is 6.09. The lowest BCUT2D eigenvalue weighted by molar-refractivity contribution is 0.197. The molecular weight excluding hydrogens is 245 g/mol. The lowest BCUT2D eigenvalue weighted by Crippen LogP contribution is -2.28. The fourth-order valence-corrected chi connectivity index (χ4v) is 1.98. The molecule has 0 atom stereocenters. The molecule has 0 aliphatic carbocycles. The van der Waals surface area contributed by atoms with Crippen molar-refractivity contribution in [1.82, 2.24) is 9.80 Å². The third-order valence-corrected chi connectivity index (χ3v) is 3.03. The molecule has 19 heavy (non-hydrogen) atoms. The van der Waals surface area contributed by atoms with Crippen LogP contribution in [0.1, 0.15) is 11.1 Å². The minimum Gasteiger partial charge on any atom is -0.326 e. The number of carbonyl (C=O) groups is 1. The number of amides is 2. The van der Waals surface area contributed by atoms with Gasteiger partial charge in [-0.05, 0) is 17.7 Å². The van der Waals surface area contributed by atoms with Gasteiger partial charge in [0.05, 0.1) is 12.1 Å². The van der Waals surface area contributed by atoms with Crippen LogP contribution in [0.3, 0.4) is 0 Å². The summed E-state index contributed by atoms with van der Waals surface area (Å²) >= 11 is 0. The normalized spacial score (nSPS) is 14.6. The van der Waals surface area contributed by atoms with Crippen LogP contribution in [0.25, 0.3) is 0 Å². The molecule has 4 nitrogen and oxygen atoms in total. The van der Waals surface area contributed by atoms with Crippen LogP contribution in [0.5, 0.6) is 0 Å². The Morgan fingerprint density at radius 3 is 2.84 bits per heavy atom. The van der Waals surface area contributed by atoms with E-state index in [1.165, 1.54) is 6.07 Å². The van der Waals surface area contributed by atoms with Crippen LogP contribution in [-0.2, 0) is 6.54 Å². The molecule has 1 aliphatic rings. The van der Waals surface area contributed by atoms with Gasteiger partial charge in [-0.2, -0.15) is 0 Å². The van der Waals surface area contributed by atoms with Crippen LogP contribution in [0.2, 0.25) is 0 Å². The Kier molecular flexibility index (Phi) is 4.03. The number of nitrogens with two attached hydrogens (primary N) is 1.